The highest BCUT2D eigenvalue weighted by molar-refractivity contribution is 5.99. The van der Waals surface area contributed by atoms with Crippen LogP contribution in [0.4, 0.5) is 68.2 Å². The van der Waals surface area contributed by atoms with E-state index in [1.54, 1.807) is 0 Å². The van der Waals surface area contributed by atoms with E-state index < -0.39 is 0 Å². The Morgan fingerprint density at radius 2 is 0.422 bits per heavy atom. The van der Waals surface area contributed by atoms with Crippen molar-refractivity contribution in [2.24, 2.45) is 0 Å². The summed E-state index contributed by atoms with van der Waals surface area (Å²) in [6, 6.07) is 98.9. The number of hydrogen-bond donors (Lipinski definition) is 0. The van der Waals surface area contributed by atoms with Crippen LogP contribution >= 0.6 is 0 Å². The summed E-state index contributed by atoms with van der Waals surface area (Å²) in [6.45, 7) is 0. The second-order valence-corrected chi connectivity index (χ2v) is 15.4. The molecule has 0 N–H and O–H groups in total. The van der Waals surface area contributed by atoms with Crippen molar-refractivity contribution in [1.29, 1.82) is 0 Å². The van der Waals surface area contributed by atoms with Crippen LogP contribution in [0.1, 0.15) is 0 Å². The smallest absolute Gasteiger partial charge is 0.0781 e. The zero-order chi connectivity index (χ0) is 42.9. The van der Waals surface area contributed by atoms with Crippen molar-refractivity contribution >= 4 is 68.2 Å². The number of para-hydroxylation sites is 7. The summed E-state index contributed by atoms with van der Waals surface area (Å²) in [7, 11) is 0. The van der Waals surface area contributed by atoms with Gasteiger partial charge in [-0.05, 0) is 133 Å². The maximum atomic E-state index is 2.41. The summed E-state index contributed by atoms with van der Waals surface area (Å²) in [6.07, 6.45) is 0. The van der Waals surface area contributed by atoms with Gasteiger partial charge in [0, 0.05) is 62.4 Å². The first kappa shape index (κ1) is 39.5. The van der Waals surface area contributed by atoms with E-state index in [2.05, 4.69) is 299 Å². The molecule has 0 bridgehead atoms. The zero-order valence-corrected chi connectivity index (χ0v) is 35.3. The third kappa shape index (κ3) is 8.24. The molecular formula is C60H46N4. The zero-order valence-electron chi connectivity index (χ0n) is 35.3. The van der Waals surface area contributed by atoms with Gasteiger partial charge < -0.3 is 19.6 Å². The standard InChI is InChI=1S/C60H46N4/c1-8-23-47(24-9-1)58-37-22-38-59(63(52-33-18-6-19-34-52)56-43-39-54(40-44-56)61(48-25-10-2-11-26-48)49-27-12-3-13-28-49)60(58)64(53-35-20-7-21-36-53)57-45-41-55(42-46-57)62(50-29-14-4-15-30-50)51-31-16-5-17-32-51/h1-46H. The Bertz CT molecular complexity index is 2930. The van der Waals surface area contributed by atoms with Crippen molar-refractivity contribution in [3.63, 3.8) is 0 Å². The predicted octanol–water partition coefficient (Wildman–Crippen LogP) is 17.2. The van der Waals surface area contributed by atoms with Crippen molar-refractivity contribution in [3.8, 4) is 11.1 Å². The van der Waals surface area contributed by atoms with Crippen LogP contribution in [0.15, 0.2) is 279 Å². The molecule has 64 heavy (non-hydrogen) atoms. The lowest BCUT2D eigenvalue weighted by Gasteiger charge is -2.35. The molecule has 0 radical (unpaired) electrons. The molecule has 0 heterocycles. The molecule has 0 spiro atoms. The van der Waals surface area contributed by atoms with Crippen molar-refractivity contribution < 1.29 is 0 Å². The summed E-state index contributed by atoms with van der Waals surface area (Å²) in [5.74, 6) is 0. The van der Waals surface area contributed by atoms with Gasteiger partial charge in [-0.3, -0.25) is 0 Å². The molecule has 4 nitrogen and oxygen atoms in total. The second kappa shape index (κ2) is 18.6. The Morgan fingerprint density at radius 1 is 0.172 bits per heavy atom. The summed E-state index contributed by atoms with van der Waals surface area (Å²) in [4.78, 5) is 9.40. The Balaban J connectivity index is 1.16. The summed E-state index contributed by atoms with van der Waals surface area (Å²) in [5.41, 5.74) is 15.0. The van der Waals surface area contributed by atoms with E-state index in [4.69, 9.17) is 0 Å². The summed E-state index contributed by atoms with van der Waals surface area (Å²) < 4.78 is 0. The monoisotopic (exact) mass is 822 g/mol. The van der Waals surface area contributed by atoms with Gasteiger partial charge in [-0.25, -0.2) is 0 Å². The van der Waals surface area contributed by atoms with Crippen molar-refractivity contribution in [1.82, 2.24) is 0 Å². The van der Waals surface area contributed by atoms with Crippen LogP contribution in [0, 0.1) is 0 Å². The molecule has 0 unspecified atom stereocenters. The highest BCUT2D eigenvalue weighted by atomic mass is 15.2. The normalized spacial score (nSPS) is 10.8. The van der Waals surface area contributed by atoms with Gasteiger partial charge >= 0.3 is 0 Å². The molecule has 10 rings (SSSR count). The number of hydrogen-bond acceptors (Lipinski definition) is 4. The molecule has 0 atom stereocenters. The maximum absolute atomic E-state index is 2.41. The Labute approximate surface area is 376 Å². The average molecular weight is 823 g/mol. The largest absolute Gasteiger partial charge is 0.311 e. The first-order valence-electron chi connectivity index (χ1n) is 21.7. The van der Waals surface area contributed by atoms with E-state index >= 15 is 0 Å². The van der Waals surface area contributed by atoms with E-state index in [0.29, 0.717) is 0 Å². The topological polar surface area (TPSA) is 13.0 Å². The SMILES string of the molecule is c1ccc(-c2cccc(N(c3ccccc3)c3ccc(N(c4ccccc4)c4ccccc4)cc3)c2N(c2ccccc2)c2ccc(N(c3ccccc3)c3ccccc3)cc2)cc1. The van der Waals surface area contributed by atoms with Gasteiger partial charge in [0.1, 0.15) is 0 Å². The fourth-order valence-corrected chi connectivity index (χ4v) is 8.49. The van der Waals surface area contributed by atoms with Gasteiger partial charge in [-0.1, -0.05) is 152 Å². The number of benzene rings is 10. The van der Waals surface area contributed by atoms with Gasteiger partial charge in [0.15, 0.2) is 0 Å². The van der Waals surface area contributed by atoms with E-state index in [9.17, 15) is 0 Å². The van der Waals surface area contributed by atoms with Gasteiger partial charge in [0.2, 0.25) is 0 Å². The number of rotatable bonds is 13. The fourth-order valence-electron chi connectivity index (χ4n) is 8.49. The van der Waals surface area contributed by atoms with Gasteiger partial charge in [0.25, 0.3) is 0 Å². The predicted molar refractivity (Wildman–Crippen MR) is 271 cm³/mol. The molecule has 10 aromatic rings. The Kier molecular flexibility index (Phi) is 11.5. The van der Waals surface area contributed by atoms with Crippen molar-refractivity contribution in [3.05, 3.63) is 279 Å². The second-order valence-electron chi connectivity index (χ2n) is 15.4. The van der Waals surface area contributed by atoms with Crippen LogP contribution in [0.2, 0.25) is 0 Å². The average Bonchev–Trinajstić information content (AvgIpc) is 3.38. The lowest BCUT2D eigenvalue weighted by atomic mass is 9.99. The van der Waals surface area contributed by atoms with Crippen LogP contribution in [-0.4, -0.2) is 0 Å². The molecule has 0 aromatic heterocycles. The van der Waals surface area contributed by atoms with E-state index in [0.717, 1.165) is 79.4 Å². The first-order chi connectivity index (χ1) is 31.8. The first-order valence-corrected chi connectivity index (χ1v) is 21.7. The minimum Gasteiger partial charge on any atom is -0.311 e. The molecular weight excluding hydrogens is 777 g/mol. The third-order valence-electron chi connectivity index (χ3n) is 11.4. The number of nitrogens with zero attached hydrogens (tertiary/aromatic N) is 4. The fraction of sp³-hybridized carbons (Fsp3) is 0. The van der Waals surface area contributed by atoms with Crippen LogP contribution < -0.4 is 19.6 Å². The van der Waals surface area contributed by atoms with E-state index in [-0.39, 0.29) is 0 Å². The maximum Gasteiger partial charge on any atom is 0.0781 e. The summed E-state index contributed by atoms with van der Waals surface area (Å²) in [5, 5.41) is 0. The number of anilines is 12. The van der Waals surface area contributed by atoms with Gasteiger partial charge in [-0.2, -0.15) is 0 Å². The lowest BCUT2D eigenvalue weighted by molar-refractivity contribution is 1.22. The molecule has 0 aliphatic rings. The Hall–Kier alpha value is -8.60. The molecule has 10 aromatic carbocycles. The van der Waals surface area contributed by atoms with Crippen LogP contribution in [0.3, 0.4) is 0 Å². The quantitative estimate of drug-likeness (QED) is 0.115. The molecule has 0 saturated carbocycles. The minimum absolute atomic E-state index is 1.03. The third-order valence-corrected chi connectivity index (χ3v) is 11.4. The highest BCUT2D eigenvalue weighted by Gasteiger charge is 2.26. The van der Waals surface area contributed by atoms with Crippen LogP contribution in [0.25, 0.3) is 11.1 Å². The minimum atomic E-state index is 1.03. The van der Waals surface area contributed by atoms with Crippen molar-refractivity contribution in [2.45, 2.75) is 0 Å². The van der Waals surface area contributed by atoms with Gasteiger partial charge in [-0.15, -0.1) is 0 Å². The molecule has 4 heteroatoms. The lowest BCUT2D eigenvalue weighted by Crippen LogP contribution is -2.18. The van der Waals surface area contributed by atoms with E-state index in [1.165, 1.54) is 0 Å². The molecule has 0 saturated heterocycles. The molecule has 0 aliphatic carbocycles. The van der Waals surface area contributed by atoms with Crippen LogP contribution in [0.5, 0.6) is 0 Å². The molecule has 0 aliphatic heterocycles. The molecule has 0 fully saturated rings. The van der Waals surface area contributed by atoms with Gasteiger partial charge in [0.05, 0.1) is 11.4 Å². The Morgan fingerprint density at radius 3 is 0.766 bits per heavy atom. The molecule has 306 valence electrons. The van der Waals surface area contributed by atoms with Crippen LogP contribution in [-0.2, 0) is 0 Å². The van der Waals surface area contributed by atoms with Crippen molar-refractivity contribution in [2.75, 3.05) is 19.6 Å². The summed E-state index contributed by atoms with van der Waals surface area (Å²) >= 11 is 0. The van der Waals surface area contributed by atoms with E-state index in [1.807, 2.05) is 0 Å². The highest BCUT2D eigenvalue weighted by Crippen LogP contribution is 2.51. The molecule has 0 amide bonds.